The van der Waals surface area contributed by atoms with Crippen molar-refractivity contribution in [3.8, 4) is 11.8 Å². The van der Waals surface area contributed by atoms with Crippen molar-refractivity contribution < 1.29 is 9.90 Å². The summed E-state index contributed by atoms with van der Waals surface area (Å²) < 4.78 is 0. The third-order valence-electron chi connectivity index (χ3n) is 3.99. The van der Waals surface area contributed by atoms with Gasteiger partial charge >= 0.3 is 0 Å². The van der Waals surface area contributed by atoms with E-state index < -0.39 is 5.91 Å². The zero-order chi connectivity index (χ0) is 16.8. The number of benzene rings is 1. The Balaban J connectivity index is 2.04. The van der Waals surface area contributed by atoms with Gasteiger partial charge in [-0.25, -0.2) is 0 Å². The second-order valence-corrected chi connectivity index (χ2v) is 5.58. The molecule has 0 saturated carbocycles. The molecular weight excluding hydrogens is 292 g/mol. The van der Waals surface area contributed by atoms with Crippen LogP contribution in [0.25, 0.3) is 0 Å². The van der Waals surface area contributed by atoms with Crippen LogP contribution >= 0.6 is 0 Å². The molecule has 1 heterocycles. The molecule has 1 saturated heterocycles. The number of nitrogens with zero attached hydrogens (tertiary/aromatic N) is 3. The lowest BCUT2D eigenvalue weighted by Gasteiger charge is -2.33. The molecule has 1 aliphatic rings. The molecule has 0 aliphatic carbocycles. The van der Waals surface area contributed by atoms with Gasteiger partial charge in [0, 0.05) is 38.1 Å². The van der Waals surface area contributed by atoms with E-state index in [1.165, 1.54) is 6.07 Å². The van der Waals surface area contributed by atoms with Crippen molar-refractivity contribution in [2.24, 2.45) is 0 Å². The van der Waals surface area contributed by atoms with Crippen molar-refractivity contribution in [3.63, 3.8) is 0 Å². The zero-order valence-electron chi connectivity index (χ0n) is 13.5. The van der Waals surface area contributed by atoms with Crippen LogP contribution < -0.4 is 5.32 Å². The summed E-state index contributed by atoms with van der Waals surface area (Å²) in [5, 5.41) is 21.4. The third-order valence-corrected chi connectivity index (χ3v) is 3.99. The number of anilines is 1. The Morgan fingerprint density at radius 3 is 2.65 bits per heavy atom. The van der Waals surface area contributed by atoms with E-state index in [-0.39, 0.29) is 11.3 Å². The van der Waals surface area contributed by atoms with Gasteiger partial charge in [-0.15, -0.1) is 0 Å². The number of carbonyl (C=O) groups excluding carboxylic acids is 1. The van der Waals surface area contributed by atoms with Crippen molar-refractivity contribution in [1.29, 1.82) is 5.26 Å². The van der Waals surface area contributed by atoms with Gasteiger partial charge in [0.25, 0.3) is 5.91 Å². The van der Waals surface area contributed by atoms with Crippen LogP contribution in [0.4, 0.5) is 5.69 Å². The predicted octanol–water partition coefficient (Wildman–Crippen LogP) is 1.68. The first kappa shape index (κ1) is 16.8. The molecule has 23 heavy (non-hydrogen) atoms. The third kappa shape index (κ3) is 4.47. The topological polar surface area (TPSA) is 79.6 Å². The predicted molar refractivity (Wildman–Crippen MR) is 88.9 cm³/mol. The second-order valence-electron chi connectivity index (χ2n) is 5.58. The van der Waals surface area contributed by atoms with E-state index in [1.54, 1.807) is 25.3 Å². The molecule has 0 atom stereocenters. The van der Waals surface area contributed by atoms with Crippen molar-refractivity contribution in [1.82, 2.24) is 9.80 Å². The summed E-state index contributed by atoms with van der Waals surface area (Å²) in [4.78, 5) is 16.6. The van der Waals surface area contributed by atoms with Gasteiger partial charge in [-0.2, -0.15) is 5.26 Å². The summed E-state index contributed by atoms with van der Waals surface area (Å²) in [7, 11) is 0. The number of aryl methyl sites for hydroxylation is 1. The summed E-state index contributed by atoms with van der Waals surface area (Å²) in [5.74, 6) is -0.287. The Morgan fingerprint density at radius 2 is 2.09 bits per heavy atom. The molecule has 0 radical (unpaired) electrons. The van der Waals surface area contributed by atoms with Gasteiger partial charge < -0.3 is 20.2 Å². The number of carbonyl (C=O) groups is 1. The number of amides is 1. The second kappa shape index (κ2) is 7.65. The van der Waals surface area contributed by atoms with E-state index in [0.717, 1.165) is 38.3 Å². The minimum absolute atomic E-state index is 0.0856. The molecular formula is C17H22N4O2. The molecule has 1 aromatic carbocycles. The smallest absolute Gasteiger partial charge is 0.267 e. The summed E-state index contributed by atoms with van der Waals surface area (Å²) in [6.07, 6.45) is 1.64. The van der Waals surface area contributed by atoms with E-state index >= 15 is 0 Å². The largest absolute Gasteiger partial charge is 0.508 e. The number of nitriles is 1. The fraction of sp³-hybridized carbons (Fsp3) is 0.412. The number of nitrogens with one attached hydrogen (secondary N) is 1. The summed E-state index contributed by atoms with van der Waals surface area (Å²) in [6.45, 7) is 8.42. The van der Waals surface area contributed by atoms with Crippen molar-refractivity contribution >= 4 is 11.6 Å². The van der Waals surface area contributed by atoms with Gasteiger partial charge in [-0.3, -0.25) is 4.79 Å². The number of hydrogen-bond donors (Lipinski definition) is 2. The first-order valence-corrected chi connectivity index (χ1v) is 7.72. The minimum Gasteiger partial charge on any atom is -0.508 e. The van der Waals surface area contributed by atoms with Crippen molar-refractivity contribution in [3.05, 3.63) is 35.5 Å². The highest BCUT2D eigenvalue weighted by atomic mass is 16.3. The van der Waals surface area contributed by atoms with E-state index in [4.69, 9.17) is 0 Å². The quantitative estimate of drug-likeness (QED) is 0.502. The number of phenolic OH excluding ortho intramolecular Hbond substituents is 1. The summed E-state index contributed by atoms with van der Waals surface area (Å²) in [5.41, 5.74) is 1.42. The van der Waals surface area contributed by atoms with Crippen LogP contribution in [0.15, 0.2) is 30.0 Å². The Morgan fingerprint density at radius 1 is 1.39 bits per heavy atom. The van der Waals surface area contributed by atoms with Gasteiger partial charge in [0.05, 0.1) is 0 Å². The lowest BCUT2D eigenvalue weighted by Crippen LogP contribution is -2.44. The lowest BCUT2D eigenvalue weighted by atomic mass is 10.1. The molecule has 1 aromatic rings. The fourth-order valence-electron chi connectivity index (χ4n) is 2.51. The maximum absolute atomic E-state index is 12.3. The highest BCUT2D eigenvalue weighted by Crippen LogP contribution is 2.20. The van der Waals surface area contributed by atoms with Gasteiger partial charge in [-0.1, -0.05) is 6.92 Å². The van der Waals surface area contributed by atoms with Crippen molar-refractivity contribution in [2.45, 2.75) is 13.8 Å². The number of phenols is 1. The van der Waals surface area contributed by atoms with Crippen LogP contribution in [0.3, 0.4) is 0 Å². The van der Waals surface area contributed by atoms with Gasteiger partial charge in [0.1, 0.15) is 17.4 Å². The van der Waals surface area contributed by atoms with Crippen LogP contribution in [-0.4, -0.2) is 53.5 Å². The molecule has 6 heteroatoms. The minimum atomic E-state index is -0.431. The molecule has 6 nitrogen and oxygen atoms in total. The van der Waals surface area contributed by atoms with Gasteiger partial charge in [-0.05, 0) is 37.2 Å². The molecule has 0 spiro atoms. The average molecular weight is 314 g/mol. The van der Waals surface area contributed by atoms with E-state index in [0.29, 0.717) is 5.69 Å². The molecule has 122 valence electrons. The maximum atomic E-state index is 12.3. The molecule has 2 N–H and O–H groups in total. The van der Waals surface area contributed by atoms with Crippen LogP contribution in [0.5, 0.6) is 5.75 Å². The zero-order valence-corrected chi connectivity index (χ0v) is 13.5. The Hall–Kier alpha value is -2.52. The van der Waals surface area contributed by atoms with E-state index in [1.807, 2.05) is 11.0 Å². The first-order chi connectivity index (χ1) is 11.0. The average Bonchev–Trinajstić information content (AvgIpc) is 2.55. The lowest BCUT2D eigenvalue weighted by molar-refractivity contribution is -0.112. The molecule has 0 unspecified atom stereocenters. The number of hydrogen-bond acceptors (Lipinski definition) is 5. The Labute approximate surface area is 136 Å². The Kier molecular flexibility index (Phi) is 5.61. The van der Waals surface area contributed by atoms with Crippen LogP contribution in [0.2, 0.25) is 0 Å². The number of likely N-dealkylation sites (N-methyl/N-ethyl adjacent to an activating group) is 1. The number of rotatable bonds is 4. The standard InChI is InChI=1S/C17H22N4O2/c1-3-20-6-8-21(9-7-20)12-14(11-18)17(23)19-16-5-4-15(22)10-13(16)2/h4-5,10,12,22H,3,6-9H2,1-2H3,(H,19,23)/b14-12-. The molecule has 2 rings (SSSR count). The SMILES string of the molecule is CCN1CCN(/C=C(/C#N)C(=O)Nc2ccc(O)cc2C)CC1. The monoisotopic (exact) mass is 314 g/mol. The number of aromatic hydroxyl groups is 1. The molecule has 0 aromatic heterocycles. The summed E-state index contributed by atoms with van der Waals surface area (Å²) in [6, 6.07) is 6.66. The van der Waals surface area contributed by atoms with Crippen LogP contribution in [-0.2, 0) is 4.79 Å². The highest BCUT2D eigenvalue weighted by Gasteiger charge is 2.16. The van der Waals surface area contributed by atoms with E-state index in [9.17, 15) is 15.2 Å². The number of piperazine rings is 1. The summed E-state index contributed by atoms with van der Waals surface area (Å²) >= 11 is 0. The van der Waals surface area contributed by atoms with Crippen molar-refractivity contribution in [2.75, 3.05) is 38.0 Å². The maximum Gasteiger partial charge on any atom is 0.267 e. The first-order valence-electron chi connectivity index (χ1n) is 7.72. The van der Waals surface area contributed by atoms with Gasteiger partial charge in [0.15, 0.2) is 0 Å². The Bertz CT molecular complexity index is 640. The normalized spacial score (nSPS) is 16.0. The van der Waals surface area contributed by atoms with Gasteiger partial charge in [0.2, 0.25) is 0 Å². The fourth-order valence-corrected chi connectivity index (χ4v) is 2.51. The van der Waals surface area contributed by atoms with Crippen LogP contribution in [0.1, 0.15) is 12.5 Å². The van der Waals surface area contributed by atoms with Crippen LogP contribution in [0, 0.1) is 18.3 Å². The molecule has 1 fully saturated rings. The molecule has 0 bridgehead atoms. The molecule has 1 amide bonds. The molecule has 1 aliphatic heterocycles. The van der Waals surface area contributed by atoms with E-state index in [2.05, 4.69) is 17.1 Å². The highest BCUT2D eigenvalue weighted by molar-refractivity contribution is 6.06.